The Labute approximate surface area is 178 Å². The summed E-state index contributed by atoms with van der Waals surface area (Å²) in [6.07, 6.45) is 0. The van der Waals surface area contributed by atoms with Gasteiger partial charge in [-0.15, -0.1) is 0 Å². The third-order valence-corrected chi connectivity index (χ3v) is 6.09. The van der Waals surface area contributed by atoms with Crippen LogP contribution in [0.1, 0.15) is 36.1 Å². The van der Waals surface area contributed by atoms with Gasteiger partial charge in [-0.3, -0.25) is 4.79 Å². The zero-order valence-electron chi connectivity index (χ0n) is 16.8. The minimum absolute atomic E-state index is 0.194. The van der Waals surface area contributed by atoms with Crippen LogP contribution in [0.5, 0.6) is 0 Å². The number of anilines is 1. The molecule has 0 radical (unpaired) electrons. The van der Waals surface area contributed by atoms with Gasteiger partial charge in [0.15, 0.2) is 5.13 Å². The zero-order chi connectivity index (χ0) is 21.0. The molecule has 0 spiro atoms. The lowest BCUT2D eigenvalue weighted by Gasteiger charge is -2.10. The molecule has 0 saturated carbocycles. The second kappa shape index (κ2) is 9.37. The van der Waals surface area contributed by atoms with E-state index in [2.05, 4.69) is 15.3 Å². The molecule has 1 N–H and O–H groups in total. The van der Waals surface area contributed by atoms with Crippen molar-refractivity contribution in [3.8, 4) is 0 Å². The number of rotatable bonds is 7. The number of para-hydroxylation sites is 1. The van der Waals surface area contributed by atoms with E-state index in [4.69, 9.17) is 4.74 Å². The van der Waals surface area contributed by atoms with Crippen molar-refractivity contribution >= 4 is 51.0 Å². The molecule has 1 aromatic carbocycles. The summed E-state index contributed by atoms with van der Waals surface area (Å²) in [5, 5.41) is 4.65. The van der Waals surface area contributed by atoms with E-state index in [0.717, 1.165) is 27.3 Å². The van der Waals surface area contributed by atoms with E-state index in [-0.39, 0.29) is 17.1 Å². The molecular weight excluding hydrogens is 406 g/mol. The minimum atomic E-state index is -0.406. The molecule has 1 atom stereocenters. The Hall–Kier alpha value is -2.45. The van der Waals surface area contributed by atoms with Crippen LogP contribution in [0.3, 0.4) is 0 Å². The number of benzene rings is 1. The second-order valence-electron chi connectivity index (χ2n) is 7.02. The summed E-state index contributed by atoms with van der Waals surface area (Å²) in [7, 11) is 0. The van der Waals surface area contributed by atoms with Crippen molar-refractivity contribution in [2.45, 2.75) is 38.0 Å². The third-order valence-electron chi connectivity index (χ3n) is 4.00. The highest BCUT2D eigenvalue weighted by Gasteiger charge is 2.21. The molecule has 8 heteroatoms. The van der Waals surface area contributed by atoms with Crippen LogP contribution < -0.4 is 5.32 Å². The molecule has 1 amide bonds. The van der Waals surface area contributed by atoms with E-state index in [9.17, 15) is 9.59 Å². The van der Waals surface area contributed by atoms with Crippen molar-refractivity contribution in [3.05, 3.63) is 47.0 Å². The number of thiazole rings is 1. The summed E-state index contributed by atoms with van der Waals surface area (Å²) in [4.78, 5) is 34.0. The van der Waals surface area contributed by atoms with Crippen molar-refractivity contribution < 1.29 is 14.3 Å². The number of pyridine rings is 1. The Bertz CT molecular complexity index is 1030. The van der Waals surface area contributed by atoms with E-state index in [1.54, 1.807) is 6.92 Å². The zero-order valence-corrected chi connectivity index (χ0v) is 18.4. The normalized spacial score (nSPS) is 12.2. The monoisotopic (exact) mass is 429 g/mol. The van der Waals surface area contributed by atoms with Crippen molar-refractivity contribution in [3.63, 3.8) is 0 Å². The van der Waals surface area contributed by atoms with Gasteiger partial charge in [-0.25, -0.2) is 14.8 Å². The average Bonchev–Trinajstić information content (AvgIpc) is 3.06. The van der Waals surface area contributed by atoms with Crippen LogP contribution in [0.15, 0.2) is 41.4 Å². The van der Waals surface area contributed by atoms with Crippen LogP contribution >= 0.6 is 23.1 Å². The van der Waals surface area contributed by atoms with Gasteiger partial charge in [-0.05, 0) is 31.9 Å². The van der Waals surface area contributed by atoms with Gasteiger partial charge in [0.05, 0.1) is 28.1 Å². The molecule has 0 saturated heterocycles. The quantitative estimate of drug-likeness (QED) is 0.424. The Balaban J connectivity index is 1.63. The number of aromatic nitrogens is 2. The van der Waals surface area contributed by atoms with Gasteiger partial charge < -0.3 is 10.1 Å². The number of thioether (sulfide) groups is 1. The van der Waals surface area contributed by atoms with Crippen molar-refractivity contribution in [1.29, 1.82) is 0 Å². The predicted molar refractivity (Wildman–Crippen MR) is 118 cm³/mol. The van der Waals surface area contributed by atoms with Crippen LogP contribution in [0.25, 0.3) is 10.9 Å². The smallest absolute Gasteiger partial charge is 0.350 e. The summed E-state index contributed by atoms with van der Waals surface area (Å²) in [5.41, 5.74) is 1.45. The maximum atomic E-state index is 12.6. The van der Waals surface area contributed by atoms with E-state index < -0.39 is 5.97 Å². The molecule has 0 aliphatic rings. The van der Waals surface area contributed by atoms with Gasteiger partial charge in [0.25, 0.3) is 0 Å². The molecule has 0 aliphatic heterocycles. The maximum Gasteiger partial charge on any atom is 0.350 e. The van der Waals surface area contributed by atoms with E-state index >= 15 is 0 Å². The van der Waals surface area contributed by atoms with Crippen molar-refractivity contribution in [2.75, 3.05) is 11.9 Å². The molecule has 6 nitrogen and oxygen atoms in total. The van der Waals surface area contributed by atoms with Gasteiger partial charge in [0.1, 0.15) is 4.88 Å². The molecule has 3 rings (SSSR count). The van der Waals surface area contributed by atoms with Gasteiger partial charge in [0.2, 0.25) is 5.91 Å². The Morgan fingerprint density at radius 2 is 1.90 bits per heavy atom. The standard InChI is InChI=1S/C21H23N3O3S2/c1-12(2)11-27-20(26)18-13(3)22-21(29-18)24-19(25)14(4)28-17-10-9-15-7-5-6-8-16(15)23-17/h5-10,12,14H,11H2,1-4H3,(H,22,24,25). The number of carbonyl (C=O) groups excluding carboxylic acids is 2. The van der Waals surface area contributed by atoms with Crippen LogP contribution in [0.4, 0.5) is 5.13 Å². The van der Waals surface area contributed by atoms with Crippen molar-refractivity contribution in [1.82, 2.24) is 9.97 Å². The Kier molecular flexibility index (Phi) is 6.87. The first kappa shape index (κ1) is 21.3. The van der Waals surface area contributed by atoms with E-state index in [1.165, 1.54) is 11.8 Å². The van der Waals surface area contributed by atoms with Crippen molar-refractivity contribution in [2.24, 2.45) is 5.92 Å². The summed E-state index contributed by atoms with van der Waals surface area (Å²) in [6, 6.07) is 11.8. The summed E-state index contributed by atoms with van der Waals surface area (Å²) < 4.78 is 5.26. The van der Waals surface area contributed by atoms with Gasteiger partial charge in [0, 0.05) is 5.39 Å². The van der Waals surface area contributed by atoms with Crippen LogP contribution in [0, 0.1) is 12.8 Å². The Morgan fingerprint density at radius 1 is 1.14 bits per heavy atom. The number of nitrogens with zero attached hydrogens (tertiary/aromatic N) is 2. The lowest BCUT2D eigenvalue weighted by atomic mass is 10.2. The van der Waals surface area contributed by atoms with E-state index in [1.807, 2.05) is 57.2 Å². The number of aryl methyl sites for hydroxylation is 1. The SMILES string of the molecule is Cc1nc(NC(=O)C(C)Sc2ccc3ccccc3n2)sc1C(=O)OCC(C)C. The van der Waals surface area contributed by atoms with Gasteiger partial charge in [-0.1, -0.05) is 61.2 Å². The largest absolute Gasteiger partial charge is 0.461 e. The number of amides is 1. The van der Waals surface area contributed by atoms with Crippen LogP contribution in [-0.4, -0.2) is 33.7 Å². The Morgan fingerprint density at radius 3 is 2.66 bits per heavy atom. The predicted octanol–water partition coefficient (Wildman–Crippen LogP) is 4.93. The highest BCUT2D eigenvalue weighted by atomic mass is 32.2. The number of nitrogens with one attached hydrogen (secondary N) is 1. The summed E-state index contributed by atoms with van der Waals surface area (Å²) in [6.45, 7) is 7.85. The molecule has 3 aromatic rings. The molecule has 29 heavy (non-hydrogen) atoms. The number of esters is 1. The minimum Gasteiger partial charge on any atom is -0.461 e. The first-order valence-electron chi connectivity index (χ1n) is 9.31. The maximum absolute atomic E-state index is 12.6. The first-order chi connectivity index (χ1) is 13.8. The average molecular weight is 430 g/mol. The molecule has 0 fully saturated rings. The molecule has 2 heterocycles. The number of ether oxygens (including phenoxy) is 1. The number of carbonyl (C=O) groups is 2. The topological polar surface area (TPSA) is 81.2 Å². The lowest BCUT2D eigenvalue weighted by Crippen LogP contribution is -2.22. The number of hydrogen-bond acceptors (Lipinski definition) is 7. The highest BCUT2D eigenvalue weighted by Crippen LogP contribution is 2.27. The lowest BCUT2D eigenvalue weighted by molar-refractivity contribution is -0.115. The third kappa shape index (κ3) is 5.55. The fourth-order valence-corrected chi connectivity index (χ4v) is 4.19. The number of fused-ring (bicyclic) bond motifs is 1. The molecule has 1 unspecified atom stereocenters. The molecule has 2 aromatic heterocycles. The fraction of sp³-hybridized carbons (Fsp3) is 0.333. The second-order valence-corrected chi connectivity index (χ2v) is 9.38. The fourth-order valence-electron chi connectivity index (χ4n) is 2.50. The summed E-state index contributed by atoms with van der Waals surface area (Å²) >= 11 is 2.51. The number of hydrogen-bond donors (Lipinski definition) is 1. The summed E-state index contributed by atoms with van der Waals surface area (Å²) in [5.74, 6) is -0.342. The highest BCUT2D eigenvalue weighted by molar-refractivity contribution is 8.00. The van der Waals surface area contributed by atoms with E-state index in [0.29, 0.717) is 22.3 Å². The first-order valence-corrected chi connectivity index (χ1v) is 11.0. The molecule has 0 aliphatic carbocycles. The molecule has 152 valence electrons. The molecule has 0 bridgehead atoms. The molecular formula is C21H23N3O3S2. The van der Waals surface area contributed by atoms with Crippen LogP contribution in [-0.2, 0) is 9.53 Å². The van der Waals surface area contributed by atoms with Gasteiger partial charge in [-0.2, -0.15) is 0 Å². The van der Waals surface area contributed by atoms with Gasteiger partial charge >= 0.3 is 5.97 Å². The van der Waals surface area contributed by atoms with Crippen LogP contribution in [0.2, 0.25) is 0 Å².